The van der Waals surface area contributed by atoms with Crippen molar-refractivity contribution in [1.29, 1.82) is 0 Å². The third kappa shape index (κ3) is 3.69. The number of hydrogen-bond donors (Lipinski definition) is 0. The minimum absolute atomic E-state index is 0.238. The van der Waals surface area contributed by atoms with Crippen LogP contribution in [0.3, 0.4) is 0 Å². The molecule has 1 amide bonds. The van der Waals surface area contributed by atoms with E-state index in [1.54, 1.807) is 6.20 Å². The first-order chi connectivity index (χ1) is 12.7. The van der Waals surface area contributed by atoms with Crippen LogP contribution in [0.25, 0.3) is 0 Å². The van der Waals surface area contributed by atoms with Crippen LogP contribution in [-0.4, -0.2) is 43.2 Å². The lowest BCUT2D eigenvalue weighted by Gasteiger charge is -2.34. The average Bonchev–Trinajstić information content (AvgIpc) is 3.25. The molecule has 1 saturated heterocycles. The van der Waals surface area contributed by atoms with Crippen molar-refractivity contribution in [3.05, 3.63) is 36.2 Å². The van der Waals surface area contributed by atoms with Gasteiger partial charge in [0.05, 0.1) is 0 Å². The zero-order valence-electron chi connectivity index (χ0n) is 15.7. The van der Waals surface area contributed by atoms with Crippen LogP contribution in [0, 0.1) is 12.8 Å². The first-order valence-corrected chi connectivity index (χ1v) is 9.98. The van der Waals surface area contributed by atoms with Crippen molar-refractivity contribution < 1.29 is 4.79 Å². The fourth-order valence-corrected chi connectivity index (χ4v) is 4.20. The Morgan fingerprint density at radius 2 is 2.12 bits per heavy atom. The van der Waals surface area contributed by atoms with Gasteiger partial charge in [-0.15, -0.1) is 0 Å². The molecule has 2 aliphatic rings. The fraction of sp³-hybridized carbons (Fsp3) is 0.650. The lowest BCUT2D eigenvalue weighted by molar-refractivity contribution is -0.132. The molecule has 0 N–H and O–H groups in total. The molecule has 6 nitrogen and oxygen atoms in total. The van der Waals surface area contributed by atoms with Crippen molar-refractivity contribution in [1.82, 2.24) is 24.2 Å². The first-order valence-electron chi connectivity index (χ1n) is 9.98. The molecule has 2 aromatic rings. The van der Waals surface area contributed by atoms with Crippen LogP contribution in [0.4, 0.5) is 0 Å². The van der Waals surface area contributed by atoms with Crippen LogP contribution >= 0.6 is 0 Å². The molecule has 0 bridgehead atoms. The molecular weight excluding hydrogens is 326 g/mol. The summed E-state index contributed by atoms with van der Waals surface area (Å²) in [5.74, 6) is 2.61. The molecule has 4 rings (SSSR count). The van der Waals surface area contributed by atoms with Gasteiger partial charge in [-0.2, -0.15) is 5.10 Å². The van der Waals surface area contributed by atoms with Gasteiger partial charge in [0.25, 0.3) is 0 Å². The fourth-order valence-electron chi connectivity index (χ4n) is 4.20. The summed E-state index contributed by atoms with van der Waals surface area (Å²) in [7, 11) is 0. The standard InChI is InChI=1S/C20H29N5O/c1-16-7-9-22-25(16)12-8-19(26)23-11-3-6-18(15-23)20-21-10-13-24(20)14-17-4-2-5-17/h7,9-10,13,17-18H,2-6,8,11-12,14-15H2,1H3/t18-/m0/s1. The zero-order chi connectivity index (χ0) is 17.9. The molecule has 2 aromatic heterocycles. The van der Waals surface area contributed by atoms with E-state index in [2.05, 4.69) is 20.8 Å². The Morgan fingerprint density at radius 1 is 1.23 bits per heavy atom. The van der Waals surface area contributed by atoms with Gasteiger partial charge in [0.2, 0.25) is 5.91 Å². The van der Waals surface area contributed by atoms with Crippen molar-refractivity contribution >= 4 is 5.91 Å². The summed E-state index contributed by atoms with van der Waals surface area (Å²) in [6, 6.07) is 1.98. The maximum absolute atomic E-state index is 12.7. The molecule has 1 atom stereocenters. The Bertz CT molecular complexity index is 745. The molecule has 2 fully saturated rings. The highest BCUT2D eigenvalue weighted by Crippen LogP contribution is 2.31. The van der Waals surface area contributed by atoms with E-state index in [1.165, 1.54) is 25.1 Å². The first kappa shape index (κ1) is 17.3. The summed E-state index contributed by atoms with van der Waals surface area (Å²) in [6.45, 7) is 5.46. The molecule has 0 aromatic carbocycles. The van der Waals surface area contributed by atoms with Crippen molar-refractivity contribution in [2.75, 3.05) is 13.1 Å². The number of carbonyl (C=O) groups excluding carboxylic acids is 1. The quantitative estimate of drug-likeness (QED) is 0.800. The molecule has 1 aliphatic carbocycles. The third-order valence-electron chi connectivity index (χ3n) is 6.03. The van der Waals surface area contributed by atoms with Crippen molar-refractivity contribution in [2.24, 2.45) is 5.92 Å². The highest BCUT2D eigenvalue weighted by molar-refractivity contribution is 5.76. The molecule has 0 unspecified atom stereocenters. The molecule has 140 valence electrons. The van der Waals surface area contributed by atoms with Gasteiger partial charge in [0, 0.05) is 62.8 Å². The second-order valence-corrected chi connectivity index (χ2v) is 7.86. The van der Waals surface area contributed by atoms with Crippen molar-refractivity contribution in [3.63, 3.8) is 0 Å². The molecule has 26 heavy (non-hydrogen) atoms. The minimum Gasteiger partial charge on any atom is -0.342 e. The molecule has 1 saturated carbocycles. The van der Waals surface area contributed by atoms with E-state index in [-0.39, 0.29) is 5.91 Å². The van der Waals surface area contributed by atoms with Gasteiger partial charge in [-0.25, -0.2) is 4.98 Å². The SMILES string of the molecule is Cc1ccnn1CCC(=O)N1CCC[C@H](c2nccn2CC2CCC2)C1. The number of hydrogen-bond acceptors (Lipinski definition) is 3. The van der Waals surface area contributed by atoms with Gasteiger partial charge < -0.3 is 9.47 Å². The summed E-state index contributed by atoms with van der Waals surface area (Å²) in [5, 5.41) is 4.27. The van der Waals surface area contributed by atoms with Crippen LogP contribution in [-0.2, 0) is 17.9 Å². The van der Waals surface area contributed by atoms with Crippen molar-refractivity contribution in [2.45, 2.75) is 64.5 Å². The van der Waals surface area contributed by atoms with Crippen LogP contribution in [0.1, 0.15) is 56.0 Å². The number of carbonyl (C=O) groups is 1. The maximum atomic E-state index is 12.7. The second kappa shape index (κ2) is 7.64. The van der Waals surface area contributed by atoms with Gasteiger partial charge in [-0.1, -0.05) is 6.42 Å². The Kier molecular flexibility index (Phi) is 5.09. The normalized spacial score (nSPS) is 21.0. The molecule has 0 radical (unpaired) electrons. The van der Waals surface area contributed by atoms with E-state index in [9.17, 15) is 4.79 Å². The maximum Gasteiger partial charge on any atom is 0.224 e. The summed E-state index contributed by atoms with van der Waals surface area (Å²) < 4.78 is 4.25. The summed E-state index contributed by atoms with van der Waals surface area (Å²) in [5.41, 5.74) is 1.10. The van der Waals surface area contributed by atoms with E-state index in [0.29, 0.717) is 18.9 Å². The molecule has 6 heteroatoms. The van der Waals surface area contributed by atoms with E-state index in [0.717, 1.165) is 44.1 Å². The van der Waals surface area contributed by atoms with Gasteiger partial charge in [-0.3, -0.25) is 9.48 Å². The second-order valence-electron chi connectivity index (χ2n) is 7.86. The molecule has 1 aliphatic heterocycles. The molecular formula is C20H29N5O. The number of likely N-dealkylation sites (tertiary alicyclic amines) is 1. The van der Waals surface area contributed by atoms with Gasteiger partial charge in [-0.05, 0) is 44.6 Å². The molecule has 3 heterocycles. The van der Waals surface area contributed by atoms with E-state index in [4.69, 9.17) is 0 Å². The summed E-state index contributed by atoms with van der Waals surface area (Å²) in [6.07, 6.45) is 12.6. The largest absolute Gasteiger partial charge is 0.342 e. The van der Waals surface area contributed by atoms with E-state index >= 15 is 0 Å². The highest BCUT2D eigenvalue weighted by Gasteiger charge is 2.28. The number of imidazole rings is 1. The Hall–Kier alpha value is -2.11. The smallest absolute Gasteiger partial charge is 0.224 e. The Morgan fingerprint density at radius 3 is 2.85 bits per heavy atom. The lowest BCUT2D eigenvalue weighted by Crippen LogP contribution is -2.40. The van der Waals surface area contributed by atoms with E-state index < -0.39 is 0 Å². The topological polar surface area (TPSA) is 56.0 Å². The van der Waals surface area contributed by atoms with Crippen LogP contribution < -0.4 is 0 Å². The predicted molar refractivity (Wildman–Crippen MR) is 99.7 cm³/mol. The van der Waals surface area contributed by atoms with Gasteiger partial charge in [0.1, 0.15) is 5.82 Å². The number of piperidine rings is 1. The number of rotatable bonds is 6. The number of nitrogens with zero attached hydrogens (tertiary/aromatic N) is 5. The highest BCUT2D eigenvalue weighted by atomic mass is 16.2. The summed E-state index contributed by atoms with van der Waals surface area (Å²) >= 11 is 0. The molecule has 0 spiro atoms. The zero-order valence-corrected chi connectivity index (χ0v) is 15.7. The van der Waals surface area contributed by atoms with Gasteiger partial charge >= 0.3 is 0 Å². The van der Waals surface area contributed by atoms with Gasteiger partial charge in [0.15, 0.2) is 0 Å². The average molecular weight is 355 g/mol. The number of amides is 1. The Balaban J connectivity index is 1.36. The number of aromatic nitrogens is 4. The van der Waals surface area contributed by atoms with Crippen LogP contribution in [0.15, 0.2) is 24.7 Å². The van der Waals surface area contributed by atoms with Crippen LogP contribution in [0.2, 0.25) is 0 Å². The van der Waals surface area contributed by atoms with Crippen molar-refractivity contribution in [3.8, 4) is 0 Å². The minimum atomic E-state index is 0.238. The summed E-state index contributed by atoms with van der Waals surface area (Å²) in [4.78, 5) is 19.4. The third-order valence-corrected chi connectivity index (χ3v) is 6.03. The monoisotopic (exact) mass is 355 g/mol. The number of aryl methyl sites for hydroxylation is 2. The lowest BCUT2D eigenvalue weighted by atomic mass is 9.85. The van der Waals surface area contributed by atoms with E-state index in [1.807, 2.05) is 28.8 Å². The Labute approximate surface area is 155 Å². The predicted octanol–water partition coefficient (Wildman–Crippen LogP) is 2.98. The van der Waals surface area contributed by atoms with Crippen LogP contribution in [0.5, 0.6) is 0 Å².